The van der Waals surface area contributed by atoms with Gasteiger partial charge >= 0.3 is 0 Å². The first-order chi connectivity index (χ1) is 8.31. The van der Waals surface area contributed by atoms with Crippen LogP contribution in [-0.2, 0) is 0 Å². The van der Waals surface area contributed by atoms with Crippen molar-refractivity contribution in [2.24, 2.45) is 0 Å². The highest BCUT2D eigenvalue weighted by Crippen LogP contribution is 2.47. The lowest BCUT2D eigenvalue weighted by Gasteiger charge is -2.31. The zero-order valence-corrected chi connectivity index (χ0v) is 12.2. The van der Waals surface area contributed by atoms with Gasteiger partial charge in [0.25, 0.3) is 0 Å². The van der Waals surface area contributed by atoms with Gasteiger partial charge in [0.05, 0.1) is 0 Å². The summed E-state index contributed by atoms with van der Waals surface area (Å²) in [5.74, 6) is 0. The lowest BCUT2D eigenvalue weighted by molar-refractivity contribution is 0.511. The van der Waals surface area contributed by atoms with Crippen molar-refractivity contribution < 1.29 is 0 Å². The van der Waals surface area contributed by atoms with Gasteiger partial charge in [-0.2, -0.15) is 0 Å². The summed E-state index contributed by atoms with van der Waals surface area (Å²) in [4.78, 5) is 0. The first-order valence-electron chi connectivity index (χ1n) is 7.14. The third kappa shape index (κ3) is 3.55. The van der Waals surface area contributed by atoms with E-state index in [4.69, 9.17) is 0 Å². The highest BCUT2D eigenvalue weighted by Gasteiger charge is 2.23. The molecule has 94 valence electrons. The largest absolute Gasteiger partial charge is 0.0722 e. The molecule has 0 bridgehead atoms. The van der Waals surface area contributed by atoms with Gasteiger partial charge < -0.3 is 0 Å². The number of benzene rings is 1. The van der Waals surface area contributed by atoms with Crippen LogP contribution in [0.15, 0.2) is 24.3 Å². The SMILES string of the molecule is CCCP(c1ccc(C)cc1)C1CCCCC1. The number of aryl methyl sites for hydroxylation is 1. The lowest BCUT2D eigenvalue weighted by Crippen LogP contribution is -2.18. The van der Waals surface area contributed by atoms with Crippen molar-refractivity contribution in [2.75, 3.05) is 6.16 Å². The van der Waals surface area contributed by atoms with Gasteiger partial charge in [0.1, 0.15) is 0 Å². The van der Waals surface area contributed by atoms with Crippen LogP contribution in [0.3, 0.4) is 0 Å². The molecule has 0 heterocycles. The van der Waals surface area contributed by atoms with Crippen molar-refractivity contribution in [1.82, 2.24) is 0 Å². The summed E-state index contributed by atoms with van der Waals surface area (Å²) in [6, 6.07) is 9.38. The standard InChI is InChI=1S/C16H25P/c1-3-13-17(15-7-5-4-6-8-15)16-11-9-14(2)10-12-16/h9-12,15H,3-8,13H2,1-2H3. The maximum atomic E-state index is 2.39. The van der Waals surface area contributed by atoms with E-state index >= 15 is 0 Å². The second kappa shape index (κ2) is 6.55. The maximum Gasteiger partial charge on any atom is -0.0169 e. The molecule has 17 heavy (non-hydrogen) atoms. The van der Waals surface area contributed by atoms with Gasteiger partial charge in [-0.05, 0) is 36.9 Å². The third-order valence-corrected chi connectivity index (χ3v) is 7.13. The van der Waals surface area contributed by atoms with Gasteiger partial charge in [0.2, 0.25) is 0 Å². The molecule has 0 saturated heterocycles. The summed E-state index contributed by atoms with van der Waals surface area (Å²) in [5, 5.41) is 1.65. The van der Waals surface area contributed by atoms with Crippen LogP contribution in [-0.4, -0.2) is 11.8 Å². The normalized spacial score (nSPS) is 19.2. The smallest absolute Gasteiger partial charge is 0.0169 e. The Morgan fingerprint density at radius 2 is 1.71 bits per heavy atom. The number of hydrogen-bond acceptors (Lipinski definition) is 0. The zero-order valence-electron chi connectivity index (χ0n) is 11.3. The lowest BCUT2D eigenvalue weighted by atomic mass is 10.0. The molecular weight excluding hydrogens is 223 g/mol. The molecule has 1 aliphatic carbocycles. The Labute approximate surface area is 108 Å². The summed E-state index contributed by atoms with van der Waals surface area (Å²) in [6.45, 7) is 4.53. The summed E-state index contributed by atoms with van der Waals surface area (Å²) < 4.78 is 0. The Bertz CT molecular complexity index is 322. The highest BCUT2D eigenvalue weighted by molar-refractivity contribution is 7.66. The van der Waals surface area contributed by atoms with Gasteiger partial charge in [-0.3, -0.25) is 0 Å². The molecule has 1 aromatic rings. The summed E-state index contributed by atoms with van der Waals surface area (Å²) >= 11 is 0. The van der Waals surface area contributed by atoms with Crippen LogP contribution in [0.25, 0.3) is 0 Å². The van der Waals surface area contributed by atoms with Crippen molar-refractivity contribution in [3.05, 3.63) is 29.8 Å². The van der Waals surface area contributed by atoms with Gasteiger partial charge in [-0.1, -0.05) is 70.4 Å². The summed E-state index contributed by atoms with van der Waals surface area (Å²) in [6.07, 6.45) is 10.2. The van der Waals surface area contributed by atoms with Crippen LogP contribution < -0.4 is 5.30 Å². The van der Waals surface area contributed by atoms with E-state index in [2.05, 4.69) is 38.1 Å². The minimum atomic E-state index is 0.114. The molecule has 2 rings (SSSR count). The molecule has 0 radical (unpaired) electrons. The highest BCUT2D eigenvalue weighted by atomic mass is 31.1. The fourth-order valence-electron chi connectivity index (χ4n) is 2.89. The molecule has 1 aromatic carbocycles. The monoisotopic (exact) mass is 248 g/mol. The van der Waals surface area contributed by atoms with Crippen LogP contribution in [0, 0.1) is 6.92 Å². The Kier molecular flexibility index (Phi) is 5.04. The molecule has 1 heteroatoms. The van der Waals surface area contributed by atoms with E-state index in [1.165, 1.54) is 50.3 Å². The Hall–Kier alpha value is -0.350. The summed E-state index contributed by atoms with van der Waals surface area (Å²) in [7, 11) is 0.114. The minimum Gasteiger partial charge on any atom is -0.0722 e. The van der Waals surface area contributed by atoms with E-state index in [9.17, 15) is 0 Å². The maximum absolute atomic E-state index is 2.39. The fraction of sp³-hybridized carbons (Fsp3) is 0.625. The minimum absolute atomic E-state index is 0.114. The molecule has 1 aliphatic rings. The molecule has 1 atom stereocenters. The molecule has 1 fully saturated rings. The van der Waals surface area contributed by atoms with Crippen molar-refractivity contribution in [2.45, 2.75) is 58.0 Å². The molecule has 0 amide bonds. The average molecular weight is 248 g/mol. The van der Waals surface area contributed by atoms with Crippen molar-refractivity contribution in [3.63, 3.8) is 0 Å². The van der Waals surface area contributed by atoms with E-state index in [-0.39, 0.29) is 7.92 Å². The average Bonchev–Trinajstić information content (AvgIpc) is 2.38. The predicted octanol–water partition coefficient (Wildman–Crippen LogP) is 4.84. The van der Waals surface area contributed by atoms with E-state index < -0.39 is 0 Å². The van der Waals surface area contributed by atoms with Gasteiger partial charge in [0.15, 0.2) is 0 Å². The Morgan fingerprint density at radius 3 is 2.29 bits per heavy atom. The van der Waals surface area contributed by atoms with Crippen LogP contribution in [0.4, 0.5) is 0 Å². The number of hydrogen-bond donors (Lipinski definition) is 0. The van der Waals surface area contributed by atoms with Crippen molar-refractivity contribution >= 4 is 13.2 Å². The van der Waals surface area contributed by atoms with Crippen LogP contribution in [0.1, 0.15) is 51.0 Å². The zero-order chi connectivity index (χ0) is 12.1. The van der Waals surface area contributed by atoms with Gasteiger partial charge in [0, 0.05) is 0 Å². The van der Waals surface area contributed by atoms with E-state index in [0.717, 1.165) is 5.66 Å². The second-order valence-electron chi connectivity index (χ2n) is 5.32. The Balaban J connectivity index is 2.12. The van der Waals surface area contributed by atoms with Gasteiger partial charge in [-0.15, -0.1) is 0 Å². The molecule has 1 unspecified atom stereocenters. The van der Waals surface area contributed by atoms with Gasteiger partial charge in [-0.25, -0.2) is 0 Å². The van der Waals surface area contributed by atoms with Crippen LogP contribution >= 0.6 is 7.92 Å². The third-order valence-electron chi connectivity index (χ3n) is 3.85. The van der Waals surface area contributed by atoms with E-state index in [1.54, 1.807) is 5.30 Å². The van der Waals surface area contributed by atoms with Crippen molar-refractivity contribution in [1.29, 1.82) is 0 Å². The summed E-state index contributed by atoms with van der Waals surface area (Å²) in [5.41, 5.74) is 2.41. The fourth-order valence-corrected chi connectivity index (χ4v) is 5.94. The Morgan fingerprint density at radius 1 is 1.06 bits per heavy atom. The molecule has 1 saturated carbocycles. The molecule has 0 spiro atoms. The molecule has 0 aromatic heterocycles. The van der Waals surface area contributed by atoms with Crippen LogP contribution in [0.2, 0.25) is 0 Å². The second-order valence-corrected chi connectivity index (χ2v) is 7.95. The molecule has 0 nitrogen and oxygen atoms in total. The predicted molar refractivity (Wildman–Crippen MR) is 79.8 cm³/mol. The van der Waals surface area contributed by atoms with E-state index in [0.29, 0.717) is 0 Å². The van der Waals surface area contributed by atoms with Crippen molar-refractivity contribution in [3.8, 4) is 0 Å². The van der Waals surface area contributed by atoms with Crippen LogP contribution in [0.5, 0.6) is 0 Å². The first-order valence-corrected chi connectivity index (χ1v) is 8.74. The number of rotatable bonds is 4. The van der Waals surface area contributed by atoms with E-state index in [1.807, 2.05) is 0 Å². The first kappa shape index (κ1) is 13.1. The quantitative estimate of drug-likeness (QED) is 0.668. The topological polar surface area (TPSA) is 0 Å². The molecule has 0 aliphatic heterocycles. The molecular formula is C16H25P. The molecule has 0 N–H and O–H groups in total.